The first-order chi connectivity index (χ1) is 18.5. The monoisotopic (exact) mass is 518 g/mol. The maximum absolute atomic E-state index is 13.2. The normalized spacial score (nSPS) is 11.9. The molecule has 0 spiro atoms. The second-order valence-corrected chi connectivity index (χ2v) is 8.36. The molecule has 0 aliphatic carbocycles. The highest BCUT2D eigenvalue weighted by atomic mass is 16.6. The van der Waals surface area contributed by atoms with Gasteiger partial charge in [0.15, 0.2) is 5.92 Å². The van der Waals surface area contributed by atoms with Gasteiger partial charge in [-0.25, -0.2) is 9.59 Å². The summed E-state index contributed by atoms with van der Waals surface area (Å²) in [6.45, 7) is -0.442. The third-order valence-corrected chi connectivity index (χ3v) is 5.57. The van der Waals surface area contributed by atoms with Gasteiger partial charge in [-0.05, 0) is 16.7 Å². The van der Waals surface area contributed by atoms with Gasteiger partial charge in [0.25, 0.3) is 0 Å². The van der Waals surface area contributed by atoms with Crippen LogP contribution in [0.5, 0.6) is 0 Å². The van der Waals surface area contributed by atoms with Crippen LogP contribution in [0.1, 0.15) is 16.7 Å². The van der Waals surface area contributed by atoms with Gasteiger partial charge in [0.1, 0.15) is 19.3 Å². The molecule has 198 valence electrons. The minimum absolute atomic E-state index is 0.0173. The van der Waals surface area contributed by atoms with Crippen LogP contribution >= 0.6 is 0 Å². The van der Waals surface area contributed by atoms with Gasteiger partial charge in [-0.3, -0.25) is 9.59 Å². The van der Waals surface area contributed by atoms with E-state index in [1.54, 1.807) is 60.7 Å². The molecule has 0 bridgehead atoms. The summed E-state index contributed by atoms with van der Waals surface area (Å²) < 4.78 is 15.4. The van der Waals surface area contributed by atoms with Crippen molar-refractivity contribution in [2.75, 3.05) is 13.7 Å². The third-order valence-electron chi connectivity index (χ3n) is 5.57. The molecule has 0 fully saturated rings. The maximum atomic E-state index is 13.2. The van der Waals surface area contributed by atoms with Crippen molar-refractivity contribution in [1.82, 2.24) is 10.6 Å². The van der Waals surface area contributed by atoms with E-state index < -0.39 is 42.4 Å². The summed E-state index contributed by atoms with van der Waals surface area (Å²) in [5, 5.41) is 5.01. The second kappa shape index (κ2) is 14.8. The molecule has 0 aliphatic heterocycles. The van der Waals surface area contributed by atoms with Crippen molar-refractivity contribution in [1.29, 1.82) is 0 Å². The Morgan fingerprint density at radius 1 is 0.684 bits per heavy atom. The largest absolute Gasteiger partial charge is 0.467 e. The van der Waals surface area contributed by atoms with Crippen LogP contribution < -0.4 is 10.6 Å². The van der Waals surface area contributed by atoms with Crippen LogP contribution in [-0.4, -0.2) is 43.6 Å². The number of amides is 2. The highest BCUT2D eigenvalue weighted by molar-refractivity contribution is 6.00. The number of carbonyl (C=O) groups excluding carboxylic acids is 4. The zero-order valence-corrected chi connectivity index (χ0v) is 21.0. The number of esters is 2. The molecule has 0 saturated heterocycles. The van der Waals surface area contributed by atoms with Crippen molar-refractivity contribution in [3.63, 3.8) is 0 Å². The van der Waals surface area contributed by atoms with Crippen LogP contribution in [-0.2, 0) is 48.2 Å². The Hall–Kier alpha value is -4.66. The smallest absolute Gasteiger partial charge is 0.407 e. The van der Waals surface area contributed by atoms with Crippen molar-refractivity contribution in [3.8, 4) is 0 Å². The minimum atomic E-state index is -1.44. The van der Waals surface area contributed by atoms with E-state index in [-0.39, 0.29) is 19.6 Å². The first-order valence-electron chi connectivity index (χ1n) is 12.0. The highest BCUT2D eigenvalue weighted by Gasteiger charge is 2.33. The Balaban J connectivity index is 1.67. The Morgan fingerprint density at radius 2 is 1.18 bits per heavy atom. The van der Waals surface area contributed by atoms with E-state index in [0.29, 0.717) is 0 Å². The van der Waals surface area contributed by atoms with Gasteiger partial charge in [0, 0.05) is 13.0 Å². The van der Waals surface area contributed by atoms with E-state index in [2.05, 4.69) is 10.6 Å². The van der Waals surface area contributed by atoms with E-state index in [1.807, 2.05) is 30.3 Å². The topological polar surface area (TPSA) is 120 Å². The fourth-order valence-corrected chi connectivity index (χ4v) is 3.53. The highest BCUT2D eigenvalue weighted by Crippen LogP contribution is 2.09. The number of nitrogens with one attached hydrogen (secondary N) is 2. The minimum Gasteiger partial charge on any atom is -0.467 e. The average Bonchev–Trinajstić information content (AvgIpc) is 2.96. The molecule has 0 unspecified atom stereocenters. The Bertz CT molecular complexity index is 1190. The average molecular weight is 519 g/mol. The first kappa shape index (κ1) is 27.9. The molecule has 0 saturated carbocycles. The molecule has 2 N–H and O–H groups in total. The van der Waals surface area contributed by atoms with Gasteiger partial charge in [-0.1, -0.05) is 91.0 Å². The lowest BCUT2D eigenvalue weighted by atomic mass is 10.0. The summed E-state index contributed by atoms with van der Waals surface area (Å²) >= 11 is 0. The first-order valence-corrected chi connectivity index (χ1v) is 12.0. The summed E-state index contributed by atoms with van der Waals surface area (Å²) in [4.78, 5) is 50.8. The fraction of sp³-hybridized carbons (Fsp3) is 0.241. The number of rotatable bonds is 12. The molecule has 0 radical (unpaired) electrons. The van der Waals surface area contributed by atoms with Crippen molar-refractivity contribution in [3.05, 3.63) is 108 Å². The SMILES string of the molecule is COC(=O)[C@@H](Cc1ccccc1)NC(=O)[C@@H](CNC(=O)OCc1ccccc1)C(=O)OCc1ccccc1. The van der Waals surface area contributed by atoms with Crippen molar-refractivity contribution >= 4 is 23.9 Å². The van der Waals surface area contributed by atoms with Gasteiger partial charge in [-0.15, -0.1) is 0 Å². The molecule has 3 aromatic carbocycles. The molecule has 3 aromatic rings. The van der Waals surface area contributed by atoms with Crippen LogP contribution in [0.4, 0.5) is 4.79 Å². The zero-order valence-electron chi connectivity index (χ0n) is 21.0. The van der Waals surface area contributed by atoms with Gasteiger partial charge in [-0.2, -0.15) is 0 Å². The number of methoxy groups -OCH3 is 1. The second-order valence-electron chi connectivity index (χ2n) is 8.36. The quantitative estimate of drug-likeness (QED) is 0.215. The summed E-state index contributed by atoms with van der Waals surface area (Å²) in [5.41, 5.74) is 2.29. The molecule has 38 heavy (non-hydrogen) atoms. The van der Waals surface area contributed by atoms with Crippen LogP contribution in [0, 0.1) is 5.92 Å². The van der Waals surface area contributed by atoms with E-state index in [0.717, 1.165) is 16.7 Å². The summed E-state index contributed by atoms with van der Waals surface area (Å²) in [5.74, 6) is -3.77. The number of benzene rings is 3. The van der Waals surface area contributed by atoms with Gasteiger partial charge in [0.05, 0.1) is 7.11 Å². The molecule has 0 aromatic heterocycles. The lowest BCUT2D eigenvalue weighted by Crippen LogP contribution is -2.50. The number of hydrogen-bond donors (Lipinski definition) is 2. The number of alkyl carbamates (subject to hydrolysis) is 1. The Morgan fingerprint density at radius 3 is 1.71 bits per heavy atom. The van der Waals surface area contributed by atoms with Crippen LogP contribution in [0.3, 0.4) is 0 Å². The molecule has 0 aliphatic rings. The van der Waals surface area contributed by atoms with Crippen LogP contribution in [0.2, 0.25) is 0 Å². The van der Waals surface area contributed by atoms with Gasteiger partial charge in [0.2, 0.25) is 5.91 Å². The fourth-order valence-electron chi connectivity index (χ4n) is 3.53. The number of ether oxygens (including phenoxy) is 3. The van der Waals surface area contributed by atoms with Gasteiger partial charge >= 0.3 is 18.0 Å². The van der Waals surface area contributed by atoms with E-state index in [4.69, 9.17) is 14.2 Å². The van der Waals surface area contributed by atoms with Crippen LogP contribution in [0.25, 0.3) is 0 Å². The summed E-state index contributed by atoms with van der Waals surface area (Å²) in [6, 6.07) is 26.0. The number of carbonyl (C=O) groups is 4. The van der Waals surface area contributed by atoms with Crippen molar-refractivity contribution in [2.45, 2.75) is 25.7 Å². The molecule has 3 rings (SSSR count). The predicted molar refractivity (Wildman–Crippen MR) is 138 cm³/mol. The Labute approximate surface area is 221 Å². The zero-order chi connectivity index (χ0) is 27.2. The Kier molecular flexibility index (Phi) is 10.9. The lowest BCUT2D eigenvalue weighted by molar-refractivity contribution is -0.155. The van der Waals surface area contributed by atoms with Crippen molar-refractivity contribution in [2.24, 2.45) is 5.92 Å². The lowest BCUT2D eigenvalue weighted by Gasteiger charge is -2.21. The van der Waals surface area contributed by atoms with E-state index >= 15 is 0 Å². The molecule has 2 atom stereocenters. The summed E-state index contributed by atoms with van der Waals surface area (Å²) in [7, 11) is 1.21. The molecular formula is C29H30N2O7. The van der Waals surface area contributed by atoms with Crippen LogP contribution in [0.15, 0.2) is 91.0 Å². The van der Waals surface area contributed by atoms with E-state index in [9.17, 15) is 19.2 Å². The molecule has 9 nitrogen and oxygen atoms in total. The third kappa shape index (κ3) is 9.09. The molecule has 9 heteroatoms. The standard InChI is InChI=1S/C29H30N2O7/c1-36-28(34)25(17-21-11-5-2-6-12-21)31-26(32)24(27(33)37-19-22-13-7-3-8-14-22)18-30-29(35)38-20-23-15-9-4-10-16-23/h2-16,24-25H,17-20H2,1H3,(H,30,35)(H,31,32)/t24-,25-/m1/s1. The molecule has 0 heterocycles. The molecular weight excluding hydrogens is 488 g/mol. The number of hydrogen-bond acceptors (Lipinski definition) is 7. The van der Waals surface area contributed by atoms with Gasteiger partial charge < -0.3 is 24.8 Å². The van der Waals surface area contributed by atoms with Crippen molar-refractivity contribution < 1.29 is 33.4 Å². The maximum Gasteiger partial charge on any atom is 0.407 e. The molecule has 2 amide bonds. The predicted octanol–water partition coefficient (Wildman–Crippen LogP) is 3.17. The van der Waals surface area contributed by atoms with E-state index in [1.165, 1.54) is 7.11 Å². The summed E-state index contributed by atoms with van der Waals surface area (Å²) in [6.07, 6.45) is -0.659.